The fourth-order valence-electron chi connectivity index (χ4n) is 1.49. The van der Waals surface area contributed by atoms with Crippen molar-refractivity contribution in [2.45, 2.75) is 13.5 Å². The molecule has 0 aliphatic carbocycles. The molecule has 2 aromatic heterocycles. The molecule has 2 rings (SSSR count). The minimum Gasteiger partial charge on any atom is -0.409 e. The topological polar surface area (TPSA) is 113 Å². The summed E-state index contributed by atoms with van der Waals surface area (Å²) in [7, 11) is 0. The summed E-state index contributed by atoms with van der Waals surface area (Å²) < 4.78 is 0. The number of amidine groups is 1. The number of carbonyl (C=O) groups is 1. The maximum atomic E-state index is 11.9. The Bertz CT molecular complexity index is 636. The quantitative estimate of drug-likeness (QED) is 0.335. The van der Waals surface area contributed by atoms with Crippen LogP contribution in [0.2, 0.25) is 0 Å². The Kier molecular flexibility index (Phi) is 4.26. The minimum atomic E-state index is -0.304. The van der Waals surface area contributed by atoms with Crippen LogP contribution in [0.5, 0.6) is 0 Å². The third-order valence-electron chi connectivity index (χ3n) is 2.50. The van der Waals surface area contributed by atoms with Gasteiger partial charge < -0.3 is 16.3 Å². The number of aryl methyl sites for hydroxylation is 1. The van der Waals surface area contributed by atoms with Crippen molar-refractivity contribution < 1.29 is 10.0 Å². The number of rotatable bonds is 4. The third-order valence-corrected chi connectivity index (χ3v) is 3.32. The van der Waals surface area contributed by atoms with E-state index >= 15 is 0 Å². The largest absolute Gasteiger partial charge is 0.409 e. The number of nitrogens with zero attached hydrogens (tertiary/aromatic N) is 3. The first kappa shape index (κ1) is 13.9. The van der Waals surface area contributed by atoms with Gasteiger partial charge in [-0.15, -0.1) is 11.3 Å². The minimum absolute atomic E-state index is 0.0533. The smallest absolute Gasteiger partial charge is 0.270 e. The zero-order valence-electron chi connectivity index (χ0n) is 10.7. The Balaban J connectivity index is 1.99. The van der Waals surface area contributed by atoms with E-state index in [-0.39, 0.29) is 17.4 Å². The zero-order valence-corrected chi connectivity index (χ0v) is 11.5. The van der Waals surface area contributed by atoms with E-state index in [4.69, 9.17) is 10.9 Å². The van der Waals surface area contributed by atoms with Crippen LogP contribution in [0.15, 0.2) is 28.9 Å². The van der Waals surface area contributed by atoms with Crippen LogP contribution in [0.4, 0.5) is 0 Å². The molecule has 0 aromatic carbocycles. The molecule has 0 saturated carbocycles. The lowest BCUT2D eigenvalue weighted by atomic mass is 10.2. The van der Waals surface area contributed by atoms with Crippen LogP contribution in [-0.2, 0) is 6.54 Å². The summed E-state index contributed by atoms with van der Waals surface area (Å²) in [6, 6.07) is 3.07. The maximum Gasteiger partial charge on any atom is 0.270 e. The van der Waals surface area contributed by atoms with Crippen molar-refractivity contribution in [1.82, 2.24) is 15.3 Å². The fourth-order valence-corrected chi connectivity index (χ4v) is 2.10. The zero-order chi connectivity index (χ0) is 14.5. The number of hydrogen-bond acceptors (Lipinski definition) is 6. The van der Waals surface area contributed by atoms with Crippen molar-refractivity contribution in [2.75, 3.05) is 0 Å². The van der Waals surface area contributed by atoms with Crippen LogP contribution in [-0.4, -0.2) is 26.9 Å². The van der Waals surface area contributed by atoms with E-state index < -0.39 is 0 Å². The van der Waals surface area contributed by atoms with E-state index in [2.05, 4.69) is 20.4 Å². The van der Waals surface area contributed by atoms with Crippen molar-refractivity contribution >= 4 is 23.1 Å². The van der Waals surface area contributed by atoms with E-state index in [1.54, 1.807) is 6.07 Å². The van der Waals surface area contributed by atoms with Crippen LogP contribution < -0.4 is 11.1 Å². The Morgan fingerprint density at radius 2 is 2.35 bits per heavy atom. The summed E-state index contributed by atoms with van der Waals surface area (Å²) in [5.41, 5.74) is 6.92. The summed E-state index contributed by atoms with van der Waals surface area (Å²) >= 11 is 1.53. The molecular formula is C12H13N5O2S. The molecule has 2 aromatic rings. The van der Waals surface area contributed by atoms with Crippen molar-refractivity contribution in [3.63, 3.8) is 0 Å². The van der Waals surface area contributed by atoms with E-state index in [9.17, 15) is 4.79 Å². The van der Waals surface area contributed by atoms with Crippen molar-refractivity contribution in [3.05, 3.63) is 45.7 Å². The molecule has 0 fully saturated rings. The summed E-state index contributed by atoms with van der Waals surface area (Å²) in [4.78, 5) is 20.1. The number of hydrogen-bond donors (Lipinski definition) is 3. The van der Waals surface area contributed by atoms with Gasteiger partial charge in [-0.1, -0.05) is 5.16 Å². The fraction of sp³-hybridized carbons (Fsp3) is 0.167. The highest BCUT2D eigenvalue weighted by Gasteiger charge is 2.09. The van der Waals surface area contributed by atoms with Crippen molar-refractivity contribution in [1.29, 1.82) is 0 Å². The highest BCUT2D eigenvalue weighted by molar-refractivity contribution is 7.09. The first-order valence-corrected chi connectivity index (χ1v) is 6.61. The van der Waals surface area contributed by atoms with Gasteiger partial charge in [-0.3, -0.25) is 9.78 Å². The summed E-state index contributed by atoms with van der Waals surface area (Å²) in [5, 5.41) is 17.0. The summed E-state index contributed by atoms with van der Waals surface area (Å²) in [6.07, 6.45) is 1.37. The normalized spacial score (nSPS) is 11.3. The van der Waals surface area contributed by atoms with Crippen molar-refractivity contribution in [3.8, 4) is 0 Å². The van der Waals surface area contributed by atoms with Crippen LogP contribution in [0, 0.1) is 6.92 Å². The van der Waals surface area contributed by atoms with Gasteiger partial charge in [0.2, 0.25) is 0 Å². The molecule has 0 bridgehead atoms. The number of amides is 1. The van der Waals surface area contributed by atoms with E-state index in [1.807, 2.05) is 12.3 Å². The molecule has 0 unspecified atom stereocenters. The molecular weight excluding hydrogens is 278 g/mol. The number of pyridine rings is 1. The number of oxime groups is 1. The first-order valence-electron chi connectivity index (χ1n) is 5.73. The number of thiazole rings is 1. The van der Waals surface area contributed by atoms with E-state index in [1.165, 1.54) is 23.6 Å². The molecule has 104 valence electrons. The van der Waals surface area contributed by atoms with Crippen LogP contribution in [0.1, 0.15) is 26.8 Å². The van der Waals surface area contributed by atoms with Gasteiger partial charge in [-0.05, 0) is 19.1 Å². The molecule has 1 amide bonds. The molecule has 0 aliphatic rings. The second-order valence-corrected chi connectivity index (χ2v) is 5.02. The summed E-state index contributed by atoms with van der Waals surface area (Å²) in [6.45, 7) is 2.26. The molecule has 0 spiro atoms. The lowest BCUT2D eigenvalue weighted by Crippen LogP contribution is -2.24. The predicted octanol–water partition coefficient (Wildman–Crippen LogP) is 0.871. The number of carbonyl (C=O) groups excluding carboxylic acids is 1. The van der Waals surface area contributed by atoms with Crippen molar-refractivity contribution in [2.24, 2.45) is 10.9 Å². The number of nitrogens with one attached hydrogen (secondary N) is 1. The SMILES string of the molecule is Cc1nc(CNC(=O)c2ccc(C(N)=NO)cn2)cs1. The molecule has 0 radical (unpaired) electrons. The molecule has 4 N–H and O–H groups in total. The van der Waals surface area contributed by atoms with Gasteiger partial charge in [-0.25, -0.2) is 4.98 Å². The van der Waals surface area contributed by atoms with Gasteiger partial charge in [0.05, 0.1) is 17.2 Å². The van der Waals surface area contributed by atoms with E-state index in [0.29, 0.717) is 12.1 Å². The average molecular weight is 291 g/mol. The van der Waals surface area contributed by atoms with Gasteiger partial charge in [0.15, 0.2) is 5.84 Å². The lowest BCUT2D eigenvalue weighted by Gasteiger charge is -2.03. The Morgan fingerprint density at radius 1 is 1.55 bits per heavy atom. The Labute approximate surface area is 119 Å². The molecule has 20 heavy (non-hydrogen) atoms. The molecule has 2 heterocycles. The van der Waals surface area contributed by atoms with Gasteiger partial charge in [0.1, 0.15) is 5.69 Å². The summed E-state index contributed by atoms with van der Waals surface area (Å²) in [5.74, 6) is -0.357. The van der Waals surface area contributed by atoms with Gasteiger partial charge in [0, 0.05) is 17.1 Å². The van der Waals surface area contributed by atoms with Gasteiger partial charge in [-0.2, -0.15) is 0 Å². The Morgan fingerprint density at radius 3 is 2.90 bits per heavy atom. The lowest BCUT2D eigenvalue weighted by molar-refractivity contribution is 0.0945. The van der Waals surface area contributed by atoms with Gasteiger partial charge in [0.25, 0.3) is 5.91 Å². The molecule has 0 saturated heterocycles. The second kappa shape index (κ2) is 6.11. The monoisotopic (exact) mass is 291 g/mol. The van der Waals surface area contributed by atoms with Crippen LogP contribution in [0.25, 0.3) is 0 Å². The highest BCUT2D eigenvalue weighted by atomic mass is 32.1. The first-order chi connectivity index (χ1) is 9.60. The van der Waals surface area contributed by atoms with E-state index in [0.717, 1.165) is 10.7 Å². The molecule has 0 atom stereocenters. The third kappa shape index (κ3) is 3.29. The van der Waals surface area contributed by atoms with Gasteiger partial charge >= 0.3 is 0 Å². The van der Waals surface area contributed by atoms with Crippen LogP contribution in [0.3, 0.4) is 0 Å². The highest BCUT2D eigenvalue weighted by Crippen LogP contribution is 2.07. The molecule has 8 heteroatoms. The predicted molar refractivity (Wildman–Crippen MR) is 74.8 cm³/mol. The average Bonchev–Trinajstić information content (AvgIpc) is 2.89. The molecule has 0 aliphatic heterocycles. The van der Waals surface area contributed by atoms with Crippen LogP contribution >= 0.6 is 11.3 Å². The maximum absolute atomic E-state index is 11.9. The Hall–Kier alpha value is -2.48. The molecule has 7 nitrogen and oxygen atoms in total. The number of aromatic nitrogens is 2. The standard InChI is InChI=1S/C12H13N5O2S/c1-7-16-9(6-20-7)5-15-12(18)10-3-2-8(4-14-10)11(13)17-19/h2-4,6,19H,5H2,1H3,(H2,13,17)(H,15,18). The second-order valence-electron chi connectivity index (χ2n) is 3.96. The number of nitrogens with two attached hydrogens (primary N) is 1.